The molecule has 0 radical (unpaired) electrons. The van der Waals surface area contributed by atoms with Gasteiger partial charge in [0.25, 0.3) is 5.91 Å². The number of nitriles is 1. The lowest BCUT2D eigenvalue weighted by molar-refractivity contribution is -0.117. The van der Waals surface area contributed by atoms with Gasteiger partial charge in [-0.1, -0.05) is 35.9 Å². The van der Waals surface area contributed by atoms with Crippen molar-refractivity contribution in [3.05, 3.63) is 82.4 Å². The number of rotatable bonds is 11. The highest BCUT2D eigenvalue weighted by molar-refractivity contribution is 6.32. The molecule has 0 saturated heterocycles. The summed E-state index contributed by atoms with van der Waals surface area (Å²) < 4.78 is 27.8. The highest BCUT2D eigenvalue weighted by Crippen LogP contribution is 2.32. The summed E-state index contributed by atoms with van der Waals surface area (Å²) in [6.45, 7) is 3.25. The van der Waals surface area contributed by atoms with E-state index in [2.05, 4.69) is 5.32 Å². The predicted molar refractivity (Wildman–Crippen MR) is 138 cm³/mol. The fraction of sp³-hybridized carbons (Fsp3) is 0.214. The molecule has 0 spiro atoms. The minimum Gasteiger partial charge on any atom is -0.490 e. The van der Waals surface area contributed by atoms with Crippen molar-refractivity contribution < 1.29 is 28.5 Å². The quantitative estimate of drug-likeness (QED) is 0.212. The summed E-state index contributed by atoms with van der Waals surface area (Å²) in [6, 6.07) is 19.8. The van der Waals surface area contributed by atoms with E-state index >= 15 is 0 Å². The van der Waals surface area contributed by atoms with Crippen LogP contribution in [0.15, 0.2) is 66.2 Å². The summed E-state index contributed by atoms with van der Waals surface area (Å²) >= 11 is 6.10. The number of carbonyl (C=O) groups is 1. The summed E-state index contributed by atoms with van der Waals surface area (Å²) in [6.07, 6.45) is 1.50. The Hall–Kier alpha value is -4.35. The van der Waals surface area contributed by atoms with E-state index in [1.54, 1.807) is 42.5 Å². The van der Waals surface area contributed by atoms with Gasteiger partial charge in [0.05, 0.1) is 11.6 Å². The van der Waals surface area contributed by atoms with Gasteiger partial charge in [-0.2, -0.15) is 5.26 Å². The lowest BCUT2D eigenvalue weighted by Gasteiger charge is -2.13. The van der Waals surface area contributed by atoms with Crippen molar-refractivity contribution in [3.8, 4) is 34.8 Å². The van der Waals surface area contributed by atoms with Gasteiger partial charge in [-0.15, -0.1) is 0 Å². The summed E-state index contributed by atoms with van der Waals surface area (Å²) in [7, 11) is 0. The molecule has 37 heavy (non-hydrogen) atoms. The lowest BCUT2D eigenvalue weighted by Crippen LogP contribution is -2.23. The van der Waals surface area contributed by atoms with Gasteiger partial charge in [0.1, 0.15) is 30.6 Å². The Morgan fingerprint density at radius 1 is 1.00 bits per heavy atom. The highest BCUT2D eigenvalue weighted by Gasteiger charge is 2.15. The zero-order valence-electron chi connectivity index (χ0n) is 20.2. The van der Waals surface area contributed by atoms with Crippen LogP contribution in [0.1, 0.15) is 18.1 Å². The molecule has 0 bridgehead atoms. The third-order valence-electron chi connectivity index (χ3n) is 5.27. The largest absolute Gasteiger partial charge is 0.490 e. The van der Waals surface area contributed by atoms with E-state index in [9.17, 15) is 10.1 Å². The van der Waals surface area contributed by atoms with Gasteiger partial charge in [-0.05, 0) is 60.5 Å². The number of nitrogens with zero attached hydrogens (tertiary/aromatic N) is 1. The molecular formula is C28H25ClN2O6. The van der Waals surface area contributed by atoms with Crippen molar-refractivity contribution in [3.63, 3.8) is 0 Å². The van der Waals surface area contributed by atoms with Crippen LogP contribution in [0.3, 0.4) is 0 Å². The molecule has 0 aromatic heterocycles. The maximum atomic E-state index is 12.6. The summed E-state index contributed by atoms with van der Waals surface area (Å²) in [4.78, 5) is 12.6. The monoisotopic (exact) mass is 520 g/mol. The van der Waals surface area contributed by atoms with Crippen LogP contribution >= 0.6 is 11.6 Å². The number of carbonyl (C=O) groups excluding carboxylic acids is 1. The van der Waals surface area contributed by atoms with E-state index < -0.39 is 5.91 Å². The van der Waals surface area contributed by atoms with Gasteiger partial charge in [-0.25, -0.2) is 0 Å². The van der Waals surface area contributed by atoms with Crippen LogP contribution in [0, 0.1) is 11.3 Å². The molecule has 1 aliphatic heterocycles. The molecule has 4 rings (SSSR count). The van der Waals surface area contributed by atoms with Crippen LogP contribution in [0.4, 0.5) is 0 Å². The standard InChI is InChI=1S/C28H25ClN2O6/c1-2-33-26-14-19(7-9-24(26)35-12-11-34-23-6-4-3-5-22(23)29)13-21(16-30)28(32)31-17-20-8-10-25-27(15-20)37-18-36-25/h3-10,13-15H,2,11-12,17-18H2,1H3,(H,31,32)/b21-13+. The molecule has 8 nitrogen and oxygen atoms in total. The molecule has 1 aliphatic rings. The van der Waals surface area contributed by atoms with Gasteiger partial charge in [0, 0.05) is 6.54 Å². The van der Waals surface area contributed by atoms with Gasteiger partial charge in [0.15, 0.2) is 23.0 Å². The molecule has 1 N–H and O–H groups in total. The van der Waals surface area contributed by atoms with Crippen molar-refractivity contribution in [2.24, 2.45) is 0 Å². The fourth-order valence-corrected chi connectivity index (χ4v) is 3.70. The summed E-state index contributed by atoms with van der Waals surface area (Å²) in [5.74, 6) is 2.40. The first-order valence-electron chi connectivity index (χ1n) is 11.6. The number of para-hydroxylation sites is 1. The molecule has 0 fully saturated rings. The first kappa shape index (κ1) is 25.7. The number of benzene rings is 3. The van der Waals surface area contributed by atoms with Crippen LogP contribution in [0.2, 0.25) is 5.02 Å². The average Bonchev–Trinajstić information content (AvgIpc) is 3.38. The Labute approximate surface area is 219 Å². The second kappa shape index (κ2) is 12.6. The SMILES string of the molecule is CCOc1cc(/C=C(\C#N)C(=O)NCc2ccc3c(c2)OCO3)ccc1OCCOc1ccccc1Cl. The smallest absolute Gasteiger partial charge is 0.262 e. The van der Waals surface area contributed by atoms with Crippen molar-refractivity contribution >= 4 is 23.6 Å². The molecule has 1 amide bonds. The minimum absolute atomic E-state index is 0.0370. The van der Waals surface area contributed by atoms with Gasteiger partial charge >= 0.3 is 0 Å². The van der Waals surface area contributed by atoms with E-state index in [1.807, 2.05) is 31.2 Å². The van der Waals surface area contributed by atoms with E-state index in [1.165, 1.54) is 6.08 Å². The number of hydrogen-bond acceptors (Lipinski definition) is 7. The zero-order chi connectivity index (χ0) is 26.0. The number of amides is 1. The minimum atomic E-state index is -0.491. The van der Waals surface area contributed by atoms with Gasteiger partial charge in [-0.3, -0.25) is 4.79 Å². The number of halogens is 1. The normalized spacial score (nSPS) is 12.0. The molecule has 190 valence electrons. The first-order valence-corrected chi connectivity index (χ1v) is 12.0. The number of hydrogen-bond donors (Lipinski definition) is 1. The predicted octanol–water partition coefficient (Wildman–Crippen LogP) is 5.15. The fourth-order valence-electron chi connectivity index (χ4n) is 3.51. The topological polar surface area (TPSA) is 99.0 Å². The molecule has 0 unspecified atom stereocenters. The molecule has 3 aromatic carbocycles. The lowest BCUT2D eigenvalue weighted by atomic mass is 10.1. The van der Waals surface area contributed by atoms with E-state index in [0.29, 0.717) is 52.5 Å². The van der Waals surface area contributed by atoms with Crippen molar-refractivity contribution in [1.82, 2.24) is 5.32 Å². The average molecular weight is 521 g/mol. The zero-order valence-corrected chi connectivity index (χ0v) is 20.9. The summed E-state index contributed by atoms with van der Waals surface area (Å²) in [5.41, 5.74) is 1.41. The number of ether oxygens (including phenoxy) is 5. The molecule has 1 heterocycles. The Bertz CT molecular complexity index is 1330. The maximum Gasteiger partial charge on any atom is 0.262 e. The van der Waals surface area contributed by atoms with Crippen molar-refractivity contribution in [1.29, 1.82) is 5.26 Å². The van der Waals surface area contributed by atoms with E-state index in [4.69, 9.17) is 35.3 Å². The van der Waals surface area contributed by atoms with Crippen molar-refractivity contribution in [2.45, 2.75) is 13.5 Å². The summed E-state index contributed by atoms with van der Waals surface area (Å²) in [5, 5.41) is 12.9. The second-order valence-electron chi connectivity index (χ2n) is 7.81. The molecule has 0 aliphatic carbocycles. The number of nitrogens with one attached hydrogen (secondary N) is 1. The Morgan fingerprint density at radius 2 is 1.78 bits per heavy atom. The molecule has 0 saturated carbocycles. The molecule has 0 atom stereocenters. The van der Waals surface area contributed by atoms with E-state index in [0.717, 1.165) is 5.56 Å². The first-order chi connectivity index (χ1) is 18.1. The van der Waals surface area contributed by atoms with Crippen LogP contribution in [0.5, 0.6) is 28.7 Å². The third kappa shape index (κ3) is 6.87. The van der Waals surface area contributed by atoms with Crippen LogP contribution in [-0.2, 0) is 11.3 Å². The molecular weight excluding hydrogens is 496 g/mol. The van der Waals surface area contributed by atoms with E-state index in [-0.39, 0.29) is 25.5 Å². The van der Waals surface area contributed by atoms with Crippen LogP contribution in [-0.4, -0.2) is 32.5 Å². The highest BCUT2D eigenvalue weighted by atomic mass is 35.5. The third-order valence-corrected chi connectivity index (χ3v) is 5.58. The van der Waals surface area contributed by atoms with Gasteiger partial charge < -0.3 is 29.0 Å². The second-order valence-corrected chi connectivity index (χ2v) is 8.21. The van der Waals surface area contributed by atoms with Crippen LogP contribution < -0.4 is 29.0 Å². The molecule has 9 heteroatoms. The Morgan fingerprint density at radius 3 is 2.57 bits per heavy atom. The Balaban J connectivity index is 1.37. The maximum absolute atomic E-state index is 12.6. The van der Waals surface area contributed by atoms with Crippen LogP contribution in [0.25, 0.3) is 6.08 Å². The van der Waals surface area contributed by atoms with Crippen molar-refractivity contribution in [2.75, 3.05) is 26.6 Å². The molecule has 3 aromatic rings. The Kier molecular flexibility index (Phi) is 8.74. The number of fused-ring (bicyclic) bond motifs is 1. The van der Waals surface area contributed by atoms with Gasteiger partial charge in [0.2, 0.25) is 6.79 Å².